The van der Waals surface area contributed by atoms with E-state index in [4.69, 9.17) is 0 Å². The van der Waals surface area contributed by atoms with Crippen LogP contribution in [0.2, 0.25) is 0 Å². The smallest absolute Gasteiger partial charge is 0.230 e. The van der Waals surface area contributed by atoms with Gasteiger partial charge in [0.2, 0.25) is 11.8 Å². The second-order valence-corrected chi connectivity index (χ2v) is 4.21. The average molecular weight is 248 g/mol. The molecule has 1 aliphatic rings. The van der Waals surface area contributed by atoms with Gasteiger partial charge in [-0.1, -0.05) is 0 Å². The molecule has 6 heteroatoms. The summed E-state index contributed by atoms with van der Waals surface area (Å²) in [7, 11) is 0. The van der Waals surface area contributed by atoms with Gasteiger partial charge in [-0.3, -0.25) is 14.5 Å². The number of hydrogen-bond donors (Lipinski definition) is 1. The maximum atomic E-state index is 11.5. The largest absolute Gasteiger partial charge is 0.370 e. The van der Waals surface area contributed by atoms with Crippen LogP contribution < -0.4 is 5.32 Å². The van der Waals surface area contributed by atoms with Crippen molar-refractivity contribution in [1.82, 2.24) is 14.9 Å². The van der Waals surface area contributed by atoms with Crippen LogP contribution in [0.25, 0.3) is 0 Å². The Morgan fingerprint density at radius 2 is 1.94 bits per heavy atom. The zero-order valence-electron chi connectivity index (χ0n) is 10.6. The summed E-state index contributed by atoms with van der Waals surface area (Å²) in [5.74, 6) is 0.929. The second-order valence-electron chi connectivity index (χ2n) is 4.21. The van der Waals surface area contributed by atoms with Gasteiger partial charge in [-0.2, -0.15) is 0 Å². The van der Waals surface area contributed by atoms with Crippen molar-refractivity contribution in [3.63, 3.8) is 0 Å². The molecule has 0 saturated carbocycles. The molecule has 0 radical (unpaired) electrons. The summed E-state index contributed by atoms with van der Waals surface area (Å²) < 4.78 is 0. The van der Waals surface area contributed by atoms with Gasteiger partial charge < -0.3 is 5.32 Å². The SMILES string of the molecule is CCNc1cc(C)nc(CN2C(=O)CCC2=O)n1. The van der Waals surface area contributed by atoms with Crippen LogP contribution in [-0.4, -0.2) is 33.2 Å². The summed E-state index contributed by atoms with van der Waals surface area (Å²) >= 11 is 0. The highest BCUT2D eigenvalue weighted by Crippen LogP contribution is 2.15. The van der Waals surface area contributed by atoms with E-state index in [-0.39, 0.29) is 18.4 Å². The van der Waals surface area contributed by atoms with E-state index < -0.39 is 0 Å². The highest BCUT2D eigenvalue weighted by molar-refractivity contribution is 6.01. The molecule has 0 spiro atoms. The van der Waals surface area contributed by atoms with E-state index in [2.05, 4.69) is 15.3 Å². The minimum Gasteiger partial charge on any atom is -0.370 e. The van der Waals surface area contributed by atoms with Crippen LogP contribution in [0, 0.1) is 6.92 Å². The predicted molar refractivity (Wildman–Crippen MR) is 65.7 cm³/mol. The van der Waals surface area contributed by atoms with Gasteiger partial charge in [0.1, 0.15) is 5.82 Å². The molecule has 2 rings (SSSR count). The molecule has 0 aromatic carbocycles. The van der Waals surface area contributed by atoms with E-state index in [1.807, 2.05) is 19.9 Å². The number of nitrogens with one attached hydrogen (secondary N) is 1. The van der Waals surface area contributed by atoms with Gasteiger partial charge in [0.05, 0.1) is 6.54 Å². The van der Waals surface area contributed by atoms with Crippen molar-refractivity contribution < 1.29 is 9.59 Å². The number of carbonyl (C=O) groups excluding carboxylic acids is 2. The third kappa shape index (κ3) is 2.64. The lowest BCUT2D eigenvalue weighted by Crippen LogP contribution is -2.29. The Hall–Kier alpha value is -1.98. The Balaban J connectivity index is 2.18. The molecule has 6 nitrogen and oxygen atoms in total. The number of aryl methyl sites for hydroxylation is 1. The van der Waals surface area contributed by atoms with Gasteiger partial charge in [-0.25, -0.2) is 9.97 Å². The van der Waals surface area contributed by atoms with Crippen LogP contribution in [0.15, 0.2) is 6.07 Å². The third-order valence-electron chi connectivity index (χ3n) is 2.71. The lowest BCUT2D eigenvalue weighted by molar-refractivity contribution is -0.139. The molecule has 0 unspecified atom stereocenters. The minimum atomic E-state index is -0.143. The number of rotatable bonds is 4. The Bertz CT molecular complexity index is 471. The van der Waals surface area contributed by atoms with Crippen molar-refractivity contribution in [2.24, 2.45) is 0 Å². The Labute approximate surface area is 105 Å². The normalized spacial score (nSPS) is 15.3. The van der Waals surface area contributed by atoms with E-state index >= 15 is 0 Å². The monoisotopic (exact) mass is 248 g/mol. The first-order valence-electron chi connectivity index (χ1n) is 6.01. The number of nitrogens with zero attached hydrogens (tertiary/aromatic N) is 3. The predicted octanol–water partition coefficient (Wildman–Crippen LogP) is 0.866. The molecule has 1 saturated heterocycles. The number of likely N-dealkylation sites (tertiary alicyclic amines) is 1. The lowest BCUT2D eigenvalue weighted by atomic mass is 10.4. The van der Waals surface area contributed by atoms with Crippen molar-refractivity contribution in [1.29, 1.82) is 0 Å². The van der Waals surface area contributed by atoms with Crippen molar-refractivity contribution in [3.05, 3.63) is 17.6 Å². The standard InChI is InChI=1S/C12H16N4O2/c1-3-13-9-6-8(2)14-10(15-9)7-16-11(17)4-5-12(16)18/h6H,3-5,7H2,1-2H3,(H,13,14,15). The highest BCUT2D eigenvalue weighted by Gasteiger charge is 2.29. The van der Waals surface area contributed by atoms with E-state index in [0.29, 0.717) is 18.7 Å². The molecule has 1 N–H and O–H groups in total. The number of aromatic nitrogens is 2. The summed E-state index contributed by atoms with van der Waals surface area (Å²) in [5.41, 5.74) is 0.815. The molecule has 96 valence electrons. The topological polar surface area (TPSA) is 75.2 Å². The van der Waals surface area contributed by atoms with Crippen LogP contribution in [-0.2, 0) is 16.1 Å². The fourth-order valence-electron chi connectivity index (χ4n) is 1.91. The molecule has 0 bridgehead atoms. The maximum absolute atomic E-state index is 11.5. The van der Waals surface area contributed by atoms with Gasteiger partial charge in [-0.05, 0) is 13.8 Å². The molecule has 1 aliphatic heterocycles. The number of anilines is 1. The number of imide groups is 1. The Morgan fingerprint density at radius 3 is 2.56 bits per heavy atom. The summed E-state index contributed by atoms with van der Waals surface area (Å²) in [6.07, 6.45) is 0.593. The van der Waals surface area contributed by atoms with Crippen molar-refractivity contribution in [2.45, 2.75) is 33.2 Å². The first-order valence-corrected chi connectivity index (χ1v) is 6.01. The van der Waals surface area contributed by atoms with Crippen molar-refractivity contribution >= 4 is 17.6 Å². The quantitative estimate of drug-likeness (QED) is 0.800. The summed E-state index contributed by atoms with van der Waals surface area (Å²) in [6, 6.07) is 1.83. The number of carbonyl (C=O) groups is 2. The fourth-order valence-corrected chi connectivity index (χ4v) is 1.91. The van der Waals surface area contributed by atoms with Gasteiger partial charge in [0.25, 0.3) is 0 Å². The molecule has 1 aromatic heterocycles. The number of hydrogen-bond acceptors (Lipinski definition) is 5. The molecule has 1 aromatic rings. The fraction of sp³-hybridized carbons (Fsp3) is 0.500. The molecular formula is C12H16N4O2. The third-order valence-corrected chi connectivity index (χ3v) is 2.71. The molecule has 1 fully saturated rings. The summed E-state index contributed by atoms with van der Waals surface area (Å²) in [4.78, 5) is 32.8. The lowest BCUT2D eigenvalue weighted by Gasteiger charge is -2.13. The Kier molecular flexibility index (Phi) is 3.55. The van der Waals surface area contributed by atoms with Gasteiger partial charge in [0.15, 0.2) is 5.82 Å². The van der Waals surface area contributed by atoms with Gasteiger partial charge >= 0.3 is 0 Å². The van der Waals surface area contributed by atoms with Crippen LogP contribution in [0.3, 0.4) is 0 Å². The second kappa shape index (κ2) is 5.12. The van der Waals surface area contributed by atoms with Crippen LogP contribution >= 0.6 is 0 Å². The molecule has 2 heterocycles. The minimum absolute atomic E-state index is 0.143. The zero-order valence-corrected chi connectivity index (χ0v) is 10.6. The number of amides is 2. The Morgan fingerprint density at radius 1 is 1.28 bits per heavy atom. The van der Waals surface area contributed by atoms with Gasteiger partial charge in [-0.15, -0.1) is 0 Å². The first-order chi connectivity index (χ1) is 8.60. The molecule has 18 heavy (non-hydrogen) atoms. The van der Waals surface area contributed by atoms with Crippen molar-refractivity contribution in [3.8, 4) is 0 Å². The summed E-state index contributed by atoms with van der Waals surface area (Å²) in [6.45, 7) is 4.76. The van der Waals surface area contributed by atoms with Gasteiger partial charge in [0, 0.05) is 31.1 Å². The first kappa shape index (κ1) is 12.5. The zero-order chi connectivity index (χ0) is 13.1. The molecule has 2 amide bonds. The van der Waals surface area contributed by atoms with Crippen LogP contribution in [0.1, 0.15) is 31.3 Å². The van der Waals surface area contributed by atoms with E-state index in [1.54, 1.807) is 0 Å². The van der Waals surface area contributed by atoms with Crippen LogP contribution in [0.4, 0.5) is 5.82 Å². The van der Waals surface area contributed by atoms with E-state index in [1.165, 1.54) is 4.90 Å². The summed E-state index contributed by atoms with van der Waals surface area (Å²) in [5, 5.41) is 3.10. The van der Waals surface area contributed by atoms with E-state index in [9.17, 15) is 9.59 Å². The van der Waals surface area contributed by atoms with E-state index in [0.717, 1.165) is 18.1 Å². The maximum Gasteiger partial charge on any atom is 0.230 e. The average Bonchev–Trinajstić information content (AvgIpc) is 2.60. The highest BCUT2D eigenvalue weighted by atomic mass is 16.2. The van der Waals surface area contributed by atoms with Crippen LogP contribution in [0.5, 0.6) is 0 Å². The molecule has 0 atom stereocenters. The van der Waals surface area contributed by atoms with Crippen molar-refractivity contribution in [2.75, 3.05) is 11.9 Å². The molecular weight excluding hydrogens is 232 g/mol. The molecule has 0 aliphatic carbocycles.